The molecule has 0 aromatic rings. The number of nitrogens with one attached hydrogen (secondary N) is 1. The van der Waals surface area contributed by atoms with Gasteiger partial charge in [-0.1, -0.05) is 33.8 Å². The zero-order valence-electron chi connectivity index (χ0n) is 10.7. The monoisotopic (exact) mass is 213 g/mol. The molecule has 0 aliphatic carbocycles. The van der Waals surface area contributed by atoms with Crippen LogP contribution in [0.4, 0.5) is 0 Å². The zero-order valence-corrected chi connectivity index (χ0v) is 10.7. The minimum absolute atomic E-state index is 0.131. The van der Waals surface area contributed by atoms with Crippen LogP contribution in [0.1, 0.15) is 34.1 Å². The molecule has 0 aliphatic heterocycles. The van der Waals surface area contributed by atoms with Gasteiger partial charge in [0.15, 0.2) is 0 Å². The molecular formula is C13H27NO. The molecule has 0 heterocycles. The summed E-state index contributed by atoms with van der Waals surface area (Å²) < 4.78 is 0. The molecular weight excluding hydrogens is 186 g/mol. The summed E-state index contributed by atoms with van der Waals surface area (Å²) >= 11 is 0. The van der Waals surface area contributed by atoms with Crippen LogP contribution >= 0.6 is 0 Å². The lowest BCUT2D eigenvalue weighted by atomic mass is 9.88. The summed E-state index contributed by atoms with van der Waals surface area (Å²) in [6, 6.07) is 0. The van der Waals surface area contributed by atoms with E-state index in [9.17, 15) is 5.11 Å². The van der Waals surface area contributed by atoms with Gasteiger partial charge in [0.1, 0.15) is 0 Å². The van der Waals surface area contributed by atoms with Crippen molar-refractivity contribution < 1.29 is 5.11 Å². The first-order valence-corrected chi connectivity index (χ1v) is 5.90. The van der Waals surface area contributed by atoms with E-state index in [1.807, 2.05) is 13.0 Å². The van der Waals surface area contributed by atoms with Crippen molar-refractivity contribution in [3.05, 3.63) is 12.7 Å². The normalized spacial score (nSPS) is 17.5. The molecule has 0 saturated heterocycles. The Hall–Kier alpha value is -0.340. The average molecular weight is 213 g/mol. The Morgan fingerprint density at radius 2 is 2.00 bits per heavy atom. The molecule has 0 saturated carbocycles. The molecule has 0 spiro atoms. The summed E-state index contributed by atoms with van der Waals surface area (Å²) in [5.74, 6) is 1.43. The van der Waals surface area contributed by atoms with Crippen molar-refractivity contribution in [2.24, 2.45) is 17.3 Å². The number of hydrogen-bond donors (Lipinski definition) is 2. The van der Waals surface area contributed by atoms with Gasteiger partial charge in [0.05, 0.1) is 6.61 Å². The predicted molar refractivity (Wildman–Crippen MR) is 66.9 cm³/mol. The molecule has 0 radical (unpaired) electrons. The van der Waals surface area contributed by atoms with E-state index in [2.05, 4.69) is 32.7 Å². The maximum atomic E-state index is 9.18. The van der Waals surface area contributed by atoms with Gasteiger partial charge >= 0.3 is 0 Å². The van der Waals surface area contributed by atoms with Gasteiger partial charge in [-0.25, -0.2) is 0 Å². The van der Waals surface area contributed by atoms with Gasteiger partial charge in [0, 0.05) is 5.41 Å². The summed E-state index contributed by atoms with van der Waals surface area (Å²) in [4.78, 5) is 0. The van der Waals surface area contributed by atoms with Crippen molar-refractivity contribution in [2.75, 3.05) is 19.7 Å². The molecule has 2 unspecified atom stereocenters. The first-order valence-electron chi connectivity index (χ1n) is 5.90. The fraction of sp³-hybridized carbons (Fsp3) is 0.846. The van der Waals surface area contributed by atoms with Gasteiger partial charge in [-0.05, 0) is 31.3 Å². The summed E-state index contributed by atoms with van der Waals surface area (Å²) in [6.07, 6.45) is 2.79. The zero-order chi connectivity index (χ0) is 11.9. The summed E-state index contributed by atoms with van der Waals surface area (Å²) in [5.41, 5.74) is -0.131. The van der Waals surface area contributed by atoms with E-state index in [0.29, 0.717) is 5.92 Å². The summed E-state index contributed by atoms with van der Waals surface area (Å²) in [7, 11) is 0. The number of aliphatic hydroxyl groups is 1. The number of aliphatic hydroxyl groups excluding tert-OH is 1. The van der Waals surface area contributed by atoms with Crippen molar-refractivity contribution in [1.29, 1.82) is 0 Å². The average Bonchev–Trinajstić information content (AvgIpc) is 2.23. The van der Waals surface area contributed by atoms with Gasteiger partial charge in [-0.15, -0.1) is 6.58 Å². The van der Waals surface area contributed by atoms with Crippen molar-refractivity contribution >= 4 is 0 Å². The Bertz CT molecular complexity index is 179. The van der Waals surface area contributed by atoms with E-state index < -0.39 is 0 Å². The van der Waals surface area contributed by atoms with Gasteiger partial charge < -0.3 is 10.4 Å². The Labute approximate surface area is 94.8 Å². The minimum Gasteiger partial charge on any atom is -0.395 e. The third kappa shape index (κ3) is 5.95. The van der Waals surface area contributed by atoms with Gasteiger partial charge in [0.25, 0.3) is 0 Å². The van der Waals surface area contributed by atoms with E-state index in [4.69, 9.17) is 0 Å². The van der Waals surface area contributed by atoms with Crippen LogP contribution < -0.4 is 5.32 Å². The van der Waals surface area contributed by atoms with E-state index in [1.54, 1.807) is 0 Å². The fourth-order valence-corrected chi connectivity index (χ4v) is 1.19. The van der Waals surface area contributed by atoms with Gasteiger partial charge in [-0.3, -0.25) is 0 Å². The second-order valence-corrected chi connectivity index (χ2v) is 5.19. The van der Waals surface area contributed by atoms with Gasteiger partial charge in [0.2, 0.25) is 0 Å². The SMILES string of the molecule is C=CC(C)(CO)CCNCC(C)C(C)C. The van der Waals surface area contributed by atoms with Crippen LogP contribution in [-0.2, 0) is 0 Å². The van der Waals surface area contributed by atoms with Crippen LogP contribution in [0.15, 0.2) is 12.7 Å². The highest BCUT2D eigenvalue weighted by Gasteiger charge is 2.18. The molecule has 0 fully saturated rings. The van der Waals surface area contributed by atoms with Crippen LogP contribution in [0.3, 0.4) is 0 Å². The molecule has 15 heavy (non-hydrogen) atoms. The maximum absolute atomic E-state index is 9.18. The standard InChI is InChI=1S/C13H27NO/c1-6-13(5,10-15)7-8-14-9-12(4)11(2)3/h6,11-12,14-15H,1,7-10H2,2-5H3. The highest BCUT2D eigenvalue weighted by Crippen LogP contribution is 2.20. The highest BCUT2D eigenvalue weighted by atomic mass is 16.3. The molecule has 2 nitrogen and oxygen atoms in total. The van der Waals surface area contributed by atoms with E-state index in [-0.39, 0.29) is 12.0 Å². The molecule has 0 aromatic carbocycles. The van der Waals surface area contributed by atoms with Crippen LogP contribution in [0.2, 0.25) is 0 Å². The largest absolute Gasteiger partial charge is 0.395 e. The molecule has 2 N–H and O–H groups in total. The van der Waals surface area contributed by atoms with Crippen LogP contribution in [0.25, 0.3) is 0 Å². The summed E-state index contributed by atoms with van der Waals surface area (Å²) in [5, 5.41) is 12.6. The third-order valence-corrected chi connectivity index (χ3v) is 3.33. The lowest BCUT2D eigenvalue weighted by Crippen LogP contribution is -2.29. The van der Waals surface area contributed by atoms with Crippen molar-refractivity contribution in [3.8, 4) is 0 Å². The van der Waals surface area contributed by atoms with Crippen LogP contribution in [0, 0.1) is 17.3 Å². The summed E-state index contributed by atoms with van der Waals surface area (Å²) in [6.45, 7) is 14.7. The van der Waals surface area contributed by atoms with Crippen molar-refractivity contribution in [3.63, 3.8) is 0 Å². The fourth-order valence-electron chi connectivity index (χ4n) is 1.19. The number of rotatable bonds is 8. The van der Waals surface area contributed by atoms with Crippen LogP contribution in [0.5, 0.6) is 0 Å². The molecule has 0 bridgehead atoms. The third-order valence-electron chi connectivity index (χ3n) is 3.33. The van der Waals surface area contributed by atoms with E-state index >= 15 is 0 Å². The highest BCUT2D eigenvalue weighted by molar-refractivity contribution is 4.91. The van der Waals surface area contributed by atoms with Crippen molar-refractivity contribution in [2.45, 2.75) is 34.1 Å². The Morgan fingerprint density at radius 1 is 1.40 bits per heavy atom. The second kappa shape index (κ2) is 7.02. The van der Waals surface area contributed by atoms with Gasteiger partial charge in [-0.2, -0.15) is 0 Å². The first-order chi connectivity index (χ1) is 6.95. The van der Waals surface area contributed by atoms with Crippen LogP contribution in [-0.4, -0.2) is 24.8 Å². The molecule has 0 rings (SSSR count). The Morgan fingerprint density at radius 3 is 2.40 bits per heavy atom. The molecule has 2 heteroatoms. The van der Waals surface area contributed by atoms with E-state index in [0.717, 1.165) is 25.4 Å². The lowest BCUT2D eigenvalue weighted by Gasteiger charge is -2.24. The Balaban J connectivity index is 3.66. The Kier molecular flexibility index (Phi) is 6.86. The molecule has 0 amide bonds. The molecule has 0 aromatic heterocycles. The van der Waals surface area contributed by atoms with E-state index in [1.165, 1.54) is 0 Å². The molecule has 2 atom stereocenters. The van der Waals surface area contributed by atoms with Crippen molar-refractivity contribution in [1.82, 2.24) is 5.32 Å². The maximum Gasteiger partial charge on any atom is 0.0519 e. The second-order valence-electron chi connectivity index (χ2n) is 5.19. The predicted octanol–water partition coefficient (Wildman–Crippen LogP) is 2.44. The topological polar surface area (TPSA) is 32.3 Å². The molecule has 90 valence electrons. The molecule has 0 aliphatic rings. The number of hydrogen-bond acceptors (Lipinski definition) is 2. The lowest BCUT2D eigenvalue weighted by molar-refractivity contribution is 0.174. The first kappa shape index (κ1) is 14.7. The minimum atomic E-state index is -0.131. The smallest absolute Gasteiger partial charge is 0.0519 e. The quantitative estimate of drug-likeness (QED) is 0.479.